The van der Waals surface area contributed by atoms with Gasteiger partial charge in [-0.25, -0.2) is 8.37 Å². The van der Waals surface area contributed by atoms with Crippen LogP contribution in [0.5, 0.6) is 0 Å². The van der Waals surface area contributed by atoms with Gasteiger partial charge < -0.3 is 44.8 Å². The number of rotatable bonds is 5. The second kappa shape index (κ2) is 10.1. The molecule has 0 aliphatic carbocycles. The van der Waals surface area contributed by atoms with Crippen LogP contribution in [0.25, 0.3) is 0 Å². The lowest BCUT2D eigenvalue weighted by molar-refractivity contribution is -0.282. The molecule has 10 atom stereocenters. The molecule has 0 aromatic heterocycles. The van der Waals surface area contributed by atoms with Crippen molar-refractivity contribution < 1.29 is 79.2 Å². The minimum absolute atomic E-state index is 0.0359. The maximum Gasteiger partial charge on any atom is 0.397 e. The lowest BCUT2D eigenvalue weighted by atomic mass is 9.99. The predicted molar refractivity (Wildman–Crippen MR) is 89.4 cm³/mol. The van der Waals surface area contributed by atoms with Crippen LogP contribution in [0, 0.1) is 0 Å². The summed E-state index contributed by atoms with van der Waals surface area (Å²) < 4.78 is 81.2. The molecule has 31 heavy (non-hydrogen) atoms. The van der Waals surface area contributed by atoms with Gasteiger partial charge in [0.25, 0.3) is 0 Å². The molecular weight excluding hydrogens is 480 g/mol. The van der Waals surface area contributed by atoms with Crippen molar-refractivity contribution in [3.05, 3.63) is 0 Å². The molecule has 0 aromatic rings. The summed E-state index contributed by atoms with van der Waals surface area (Å²) in [5.74, 6) is 0. The van der Waals surface area contributed by atoms with E-state index in [4.69, 9.17) is 33.9 Å². The number of aliphatic hydroxyl groups excluding tert-OH is 6. The summed E-state index contributed by atoms with van der Waals surface area (Å²) in [5.41, 5.74) is 0. The van der Waals surface area contributed by atoms with Crippen LogP contribution in [0.15, 0.2) is 0 Å². The van der Waals surface area contributed by atoms with Crippen LogP contribution in [0.1, 0.15) is 0 Å². The molecule has 3 rings (SSSR count). The van der Waals surface area contributed by atoms with Crippen molar-refractivity contribution >= 4 is 20.8 Å². The lowest BCUT2D eigenvalue weighted by Gasteiger charge is -2.38. The van der Waals surface area contributed by atoms with E-state index in [2.05, 4.69) is 13.1 Å². The monoisotopic (exact) mass is 502 g/mol. The van der Waals surface area contributed by atoms with Crippen molar-refractivity contribution in [2.24, 2.45) is 0 Å². The van der Waals surface area contributed by atoms with Crippen LogP contribution in [0.3, 0.4) is 0 Å². The first-order valence-corrected chi connectivity index (χ1v) is 11.1. The van der Waals surface area contributed by atoms with Gasteiger partial charge in [-0.3, -0.25) is 9.11 Å². The van der Waals surface area contributed by atoms with E-state index in [1.165, 1.54) is 0 Å². The summed E-state index contributed by atoms with van der Waals surface area (Å²) in [6.45, 7) is -0.741. The fourth-order valence-electron chi connectivity index (χ4n) is 3.01. The Bertz CT molecular complexity index is 798. The van der Waals surface area contributed by atoms with E-state index in [0.29, 0.717) is 0 Å². The van der Waals surface area contributed by atoms with Crippen molar-refractivity contribution in [2.45, 2.75) is 61.4 Å². The van der Waals surface area contributed by atoms with Crippen LogP contribution in [0.2, 0.25) is 0 Å². The van der Waals surface area contributed by atoms with E-state index in [-0.39, 0.29) is 6.61 Å². The Kier molecular flexibility index (Phi) is 8.68. The standard InChI is InChI=1S/C6H12O9S.C6H10O8S/c7-1-2-5(15-16(11,12)13)3(8)4(9)6(10)14-2;7-3-2-1-12-4(3)5(6(8)13-2)14-15(9,10)11/h2-10H,1H2,(H,11,12,13);2-8H,1H2,(H,9,10,11)/t2-,3-,4-,5+,6-;2-,3+,4+,5-,6+/m11/s1. The predicted octanol–water partition coefficient (Wildman–Crippen LogP) is -5.74. The van der Waals surface area contributed by atoms with Gasteiger partial charge in [-0.2, -0.15) is 16.8 Å². The molecule has 0 amide bonds. The number of fused-ring (bicyclic) bond motifs is 2. The third kappa shape index (κ3) is 6.93. The number of aliphatic hydroxyl groups is 6. The molecule has 0 aromatic carbocycles. The Labute approximate surface area is 175 Å². The SMILES string of the molecule is O=S(=O)(O)O[C@@H]1[C@H](O)[C@@H](O)[C@H](O)O[C@@H]1CO.O=S(=O)(O)O[C@@H]1[C@H]2OC[C@@H](O[C@@H]1O)[C@@H]2O. The Morgan fingerprint density at radius 3 is 1.84 bits per heavy atom. The van der Waals surface area contributed by atoms with Crippen molar-refractivity contribution in [2.75, 3.05) is 13.2 Å². The number of hydrogen-bond donors (Lipinski definition) is 8. The highest BCUT2D eigenvalue weighted by atomic mass is 32.3. The second-order valence-electron chi connectivity index (χ2n) is 6.56. The van der Waals surface area contributed by atoms with E-state index >= 15 is 0 Å². The summed E-state index contributed by atoms with van der Waals surface area (Å²) in [6.07, 6.45) is -14.4. The van der Waals surface area contributed by atoms with Crippen molar-refractivity contribution in [3.63, 3.8) is 0 Å². The van der Waals surface area contributed by atoms with Crippen LogP contribution in [-0.2, 0) is 43.4 Å². The number of ether oxygens (including phenoxy) is 3. The molecule has 0 spiro atoms. The molecule has 3 fully saturated rings. The van der Waals surface area contributed by atoms with E-state index < -0.39 is 88.8 Å². The van der Waals surface area contributed by atoms with E-state index in [9.17, 15) is 32.2 Å². The van der Waals surface area contributed by atoms with Gasteiger partial charge in [0.1, 0.15) is 42.7 Å². The largest absolute Gasteiger partial charge is 0.397 e. The van der Waals surface area contributed by atoms with Gasteiger partial charge >= 0.3 is 20.8 Å². The normalized spacial score (nSPS) is 43.2. The molecule has 17 nitrogen and oxygen atoms in total. The zero-order valence-corrected chi connectivity index (χ0v) is 16.9. The quantitative estimate of drug-likeness (QED) is 0.162. The first-order chi connectivity index (χ1) is 14.1. The molecule has 0 radical (unpaired) electrons. The highest BCUT2D eigenvalue weighted by Crippen LogP contribution is 2.31. The number of hydrogen-bond acceptors (Lipinski definition) is 15. The van der Waals surface area contributed by atoms with E-state index in [1.807, 2.05) is 0 Å². The third-order valence-corrected chi connectivity index (χ3v) is 5.33. The topological polar surface area (TPSA) is 276 Å². The van der Waals surface area contributed by atoms with Crippen LogP contribution in [0.4, 0.5) is 0 Å². The maximum absolute atomic E-state index is 10.5. The molecule has 3 aliphatic rings. The van der Waals surface area contributed by atoms with Gasteiger partial charge in [-0.05, 0) is 0 Å². The Morgan fingerprint density at radius 1 is 0.774 bits per heavy atom. The third-order valence-electron chi connectivity index (χ3n) is 4.39. The molecule has 3 aliphatic heterocycles. The average molecular weight is 502 g/mol. The molecule has 3 heterocycles. The van der Waals surface area contributed by atoms with Gasteiger partial charge in [0, 0.05) is 0 Å². The second-order valence-corrected chi connectivity index (χ2v) is 8.66. The summed E-state index contributed by atoms with van der Waals surface area (Å²) >= 11 is 0. The fraction of sp³-hybridized carbons (Fsp3) is 1.00. The Hall–Kier alpha value is -0.620. The molecule has 2 bridgehead atoms. The molecule has 184 valence electrons. The average Bonchev–Trinajstić information content (AvgIpc) is 2.90. The van der Waals surface area contributed by atoms with Crippen LogP contribution >= 0.6 is 0 Å². The van der Waals surface area contributed by atoms with Gasteiger partial charge in [0.2, 0.25) is 0 Å². The summed E-state index contributed by atoms with van der Waals surface area (Å²) in [5, 5.41) is 55.2. The highest BCUT2D eigenvalue weighted by Gasteiger charge is 2.52. The van der Waals surface area contributed by atoms with Gasteiger partial charge in [-0.1, -0.05) is 0 Å². The van der Waals surface area contributed by atoms with E-state index in [1.54, 1.807) is 0 Å². The Morgan fingerprint density at radius 2 is 1.32 bits per heavy atom. The summed E-state index contributed by atoms with van der Waals surface area (Å²) in [7, 11) is -9.62. The summed E-state index contributed by atoms with van der Waals surface area (Å²) in [6, 6.07) is 0. The molecule has 0 unspecified atom stereocenters. The van der Waals surface area contributed by atoms with Crippen LogP contribution in [-0.4, -0.2) is 131 Å². The lowest BCUT2D eigenvalue weighted by Crippen LogP contribution is -2.59. The van der Waals surface area contributed by atoms with Crippen LogP contribution < -0.4 is 0 Å². The molecule has 19 heteroatoms. The zero-order chi connectivity index (χ0) is 23.7. The van der Waals surface area contributed by atoms with E-state index in [0.717, 1.165) is 0 Å². The van der Waals surface area contributed by atoms with Gasteiger partial charge in [0.05, 0.1) is 13.2 Å². The maximum atomic E-state index is 10.5. The van der Waals surface area contributed by atoms with Crippen molar-refractivity contribution in [1.29, 1.82) is 0 Å². The first kappa shape index (κ1) is 26.6. The minimum Gasteiger partial charge on any atom is -0.394 e. The first-order valence-electron chi connectivity index (χ1n) is 8.39. The van der Waals surface area contributed by atoms with Crippen molar-refractivity contribution in [3.8, 4) is 0 Å². The zero-order valence-electron chi connectivity index (χ0n) is 15.3. The smallest absolute Gasteiger partial charge is 0.394 e. The van der Waals surface area contributed by atoms with Gasteiger partial charge in [-0.15, -0.1) is 0 Å². The minimum atomic E-state index is -4.88. The summed E-state index contributed by atoms with van der Waals surface area (Å²) in [4.78, 5) is 0. The molecule has 0 saturated carbocycles. The fourth-order valence-corrected chi connectivity index (χ4v) is 4.02. The Balaban J connectivity index is 0.000000220. The molecular formula is C12H22O17S2. The molecule has 3 saturated heterocycles. The van der Waals surface area contributed by atoms with Gasteiger partial charge in [0.15, 0.2) is 18.7 Å². The molecule has 8 N–H and O–H groups in total. The highest BCUT2D eigenvalue weighted by molar-refractivity contribution is 7.81. The van der Waals surface area contributed by atoms with Crippen molar-refractivity contribution in [1.82, 2.24) is 0 Å².